The second kappa shape index (κ2) is 10.7. The Morgan fingerprint density at radius 3 is 2.21 bits per heavy atom. The van der Waals surface area contributed by atoms with E-state index in [4.69, 9.17) is 30.9 Å². The summed E-state index contributed by atoms with van der Waals surface area (Å²) >= 11 is 6.12. The van der Waals surface area contributed by atoms with Crippen molar-refractivity contribution in [2.75, 3.05) is 14.2 Å². The Morgan fingerprint density at radius 2 is 1.61 bits per heavy atom. The van der Waals surface area contributed by atoms with Gasteiger partial charge in [0.15, 0.2) is 11.5 Å². The van der Waals surface area contributed by atoms with Crippen molar-refractivity contribution in [2.24, 2.45) is 0 Å². The molecule has 1 aliphatic rings. The highest BCUT2D eigenvalue weighted by molar-refractivity contribution is 7.89. The highest BCUT2D eigenvalue weighted by Gasteiger charge is 2.39. The van der Waals surface area contributed by atoms with Gasteiger partial charge in [0.1, 0.15) is 5.75 Å². The van der Waals surface area contributed by atoms with E-state index in [1.54, 1.807) is 71.7 Å². The zero-order valence-corrected chi connectivity index (χ0v) is 22.9. The summed E-state index contributed by atoms with van der Waals surface area (Å²) < 4.78 is 47.9. The first-order chi connectivity index (χ1) is 18.3. The fourth-order valence-electron chi connectivity index (χ4n) is 4.20. The zero-order valence-electron chi connectivity index (χ0n) is 21.3. The number of hydrogen-bond acceptors (Lipinski definition) is 6. The summed E-state index contributed by atoms with van der Waals surface area (Å²) in [5.41, 5.74) is 2.04. The Labute approximate surface area is 227 Å². The van der Waals surface area contributed by atoms with Gasteiger partial charge in [-0.05, 0) is 80.4 Å². The molecule has 0 bridgehead atoms. The van der Waals surface area contributed by atoms with E-state index in [1.807, 2.05) is 31.2 Å². The van der Waals surface area contributed by atoms with Crippen LogP contribution in [-0.4, -0.2) is 42.8 Å². The van der Waals surface area contributed by atoms with Crippen molar-refractivity contribution in [3.63, 3.8) is 0 Å². The average molecular weight is 554 g/mol. The van der Waals surface area contributed by atoms with Gasteiger partial charge in [0.25, 0.3) is 0 Å². The topological polar surface area (TPSA) is 82.9 Å². The van der Waals surface area contributed by atoms with Crippen molar-refractivity contribution >= 4 is 21.6 Å². The highest BCUT2D eigenvalue weighted by atomic mass is 35.5. The standard InChI is InChI=1S/C28H28ClN3O5S/c1-19-25(18-31(21-12-13-21)38(33,34)24-16-14-23(35-2)15-17-24)28(37-27-7-5-4-6-26(27)36-3)32(30-19)22-10-8-20(29)9-11-22/h4-11,14-17,21H,12-13,18H2,1-3H3. The van der Waals surface area contributed by atoms with Crippen LogP contribution in [0.25, 0.3) is 5.69 Å². The second-order valence-electron chi connectivity index (χ2n) is 8.97. The lowest BCUT2D eigenvalue weighted by atomic mass is 10.2. The smallest absolute Gasteiger partial charge is 0.243 e. The van der Waals surface area contributed by atoms with Crippen molar-refractivity contribution in [3.05, 3.63) is 89.1 Å². The number of methoxy groups -OCH3 is 2. The number of rotatable bonds is 10. The molecule has 10 heteroatoms. The van der Waals surface area contributed by atoms with Crippen LogP contribution in [-0.2, 0) is 16.6 Å². The molecule has 1 fully saturated rings. The molecule has 0 atom stereocenters. The summed E-state index contributed by atoms with van der Waals surface area (Å²) in [7, 11) is -0.682. The van der Waals surface area contributed by atoms with Gasteiger partial charge in [0.05, 0.1) is 36.1 Å². The highest BCUT2D eigenvalue weighted by Crippen LogP contribution is 2.39. The summed E-state index contributed by atoms with van der Waals surface area (Å²) in [6.45, 7) is 1.95. The van der Waals surface area contributed by atoms with Crippen molar-refractivity contribution in [1.82, 2.24) is 14.1 Å². The second-order valence-corrected chi connectivity index (χ2v) is 11.3. The van der Waals surface area contributed by atoms with Gasteiger partial charge < -0.3 is 14.2 Å². The predicted octanol–water partition coefficient (Wildman–Crippen LogP) is 6.00. The quantitative estimate of drug-likeness (QED) is 0.240. The minimum Gasteiger partial charge on any atom is -0.497 e. The number of ether oxygens (including phenoxy) is 3. The molecule has 1 aliphatic carbocycles. The third kappa shape index (κ3) is 5.22. The maximum atomic E-state index is 13.8. The molecule has 0 radical (unpaired) electrons. The molecule has 4 aromatic rings. The molecule has 3 aromatic carbocycles. The van der Waals surface area contributed by atoms with Gasteiger partial charge in [-0.3, -0.25) is 0 Å². The molecule has 1 saturated carbocycles. The Balaban J connectivity index is 1.59. The minimum atomic E-state index is -3.80. The third-order valence-electron chi connectivity index (χ3n) is 6.42. The number of sulfonamides is 1. The summed E-state index contributed by atoms with van der Waals surface area (Å²) in [6, 6.07) is 20.8. The number of benzene rings is 3. The van der Waals surface area contributed by atoms with E-state index in [0.717, 1.165) is 18.5 Å². The van der Waals surface area contributed by atoms with Crippen LogP contribution < -0.4 is 14.2 Å². The van der Waals surface area contributed by atoms with Crippen LogP contribution in [0.1, 0.15) is 24.1 Å². The van der Waals surface area contributed by atoms with Gasteiger partial charge >= 0.3 is 0 Å². The molecule has 0 unspecified atom stereocenters. The Hall–Kier alpha value is -3.53. The Morgan fingerprint density at radius 1 is 0.947 bits per heavy atom. The third-order valence-corrected chi connectivity index (χ3v) is 8.58. The lowest BCUT2D eigenvalue weighted by molar-refractivity contribution is 0.359. The van der Waals surface area contributed by atoms with E-state index in [-0.39, 0.29) is 17.5 Å². The number of para-hydroxylation sites is 2. The molecule has 38 heavy (non-hydrogen) atoms. The van der Waals surface area contributed by atoms with Crippen LogP contribution in [0.15, 0.2) is 77.7 Å². The van der Waals surface area contributed by atoms with Gasteiger partial charge in [0, 0.05) is 17.6 Å². The van der Waals surface area contributed by atoms with E-state index in [2.05, 4.69) is 0 Å². The van der Waals surface area contributed by atoms with Gasteiger partial charge in [0.2, 0.25) is 15.9 Å². The lowest BCUT2D eigenvalue weighted by Gasteiger charge is -2.23. The number of aromatic nitrogens is 2. The van der Waals surface area contributed by atoms with E-state index in [9.17, 15) is 8.42 Å². The fourth-order valence-corrected chi connectivity index (χ4v) is 5.98. The zero-order chi connectivity index (χ0) is 26.9. The number of halogens is 1. The molecule has 1 aromatic heterocycles. The average Bonchev–Trinajstić information content (AvgIpc) is 3.72. The van der Waals surface area contributed by atoms with Crippen molar-refractivity contribution in [2.45, 2.75) is 37.2 Å². The number of hydrogen-bond donors (Lipinski definition) is 0. The monoisotopic (exact) mass is 553 g/mol. The summed E-state index contributed by atoms with van der Waals surface area (Å²) in [4.78, 5) is 0.208. The predicted molar refractivity (Wildman–Crippen MR) is 145 cm³/mol. The van der Waals surface area contributed by atoms with E-state index in [1.165, 1.54) is 0 Å². The molecule has 8 nitrogen and oxygen atoms in total. The van der Waals surface area contributed by atoms with Crippen molar-refractivity contribution in [1.29, 1.82) is 0 Å². The molecule has 0 aliphatic heterocycles. The van der Waals surface area contributed by atoms with Crippen LogP contribution in [0.2, 0.25) is 5.02 Å². The van der Waals surface area contributed by atoms with Crippen LogP contribution >= 0.6 is 11.6 Å². The minimum absolute atomic E-state index is 0.0977. The maximum absolute atomic E-state index is 13.8. The number of nitrogens with zero attached hydrogens (tertiary/aromatic N) is 3. The molecular weight excluding hydrogens is 526 g/mol. The van der Waals surface area contributed by atoms with Gasteiger partial charge in [-0.25, -0.2) is 13.1 Å². The van der Waals surface area contributed by atoms with Gasteiger partial charge in [-0.15, -0.1) is 0 Å². The van der Waals surface area contributed by atoms with Crippen LogP contribution in [0, 0.1) is 6.92 Å². The Bertz CT molecular complexity index is 1530. The van der Waals surface area contributed by atoms with Crippen molar-refractivity contribution in [3.8, 4) is 28.8 Å². The summed E-state index contributed by atoms with van der Waals surface area (Å²) in [6.07, 6.45) is 1.59. The maximum Gasteiger partial charge on any atom is 0.243 e. The van der Waals surface area contributed by atoms with Crippen LogP contribution in [0.5, 0.6) is 23.1 Å². The molecule has 0 N–H and O–H groups in total. The molecule has 198 valence electrons. The van der Waals surface area contributed by atoms with E-state index in [0.29, 0.717) is 39.4 Å². The van der Waals surface area contributed by atoms with Crippen LogP contribution in [0.3, 0.4) is 0 Å². The largest absolute Gasteiger partial charge is 0.497 e. The number of aryl methyl sites for hydroxylation is 1. The van der Waals surface area contributed by atoms with Crippen LogP contribution in [0.4, 0.5) is 0 Å². The normalized spacial score (nSPS) is 13.5. The molecule has 5 rings (SSSR count). The van der Waals surface area contributed by atoms with Crippen molar-refractivity contribution < 1.29 is 22.6 Å². The SMILES string of the molecule is COc1ccc(S(=O)(=O)N(Cc2c(C)nn(-c3ccc(Cl)cc3)c2Oc2ccccc2OC)C2CC2)cc1. The fraction of sp³-hybridized carbons (Fsp3) is 0.250. The summed E-state index contributed by atoms with van der Waals surface area (Å²) in [5.74, 6) is 2.03. The first-order valence-corrected chi connectivity index (χ1v) is 13.9. The first kappa shape index (κ1) is 26.1. The van der Waals surface area contributed by atoms with E-state index >= 15 is 0 Å². The molecule has 0 saturated heterocycles. The summed E-state index contributed by atoms with van der Waals surface area (Å²) in [5, 5.41) is 5.34. The first-order valence-electron chi connectivity index (χ1n) is 12.1. The lowest BCUT2D eigenvalue weighted by Crippen LogP contribution is -2.33. The Kier molecular flexibility index (Phi) is 7.34. The molecule has 1 heterocycles. The molecule has 0 spiro atoms. The molecular formula is C28H28ClN3O5S. The van der Waals surface area contributed by atoms with E-state index < -0.39 is 10.0 Å². The molecule has 0 amide bonds. The van der Waals surface area contributed by atoms with Gasteiger partial charge in [-0.1, -0.05) is 23.7 Å². The van der Waals surface area contributed by atoms with Gasteiger partial charge in [-0.2, -0.15) is 9.40 Å².